The van der Waals surface area contributed by atoms with Gasteiger partial charge in [-0.15, -0.1) is 0 Å². The van der Waals surface area contributed by atoms with Gasteiger partial charge in [0.25, 0.3) is 5.91 Å². The molecule has 1 saturated heterocycles. The molecule has 3 aromatic carbocycles. The van der Waals surface area contributed by atoms with E-state index in [1.54, 1.807) is 12.1 Å². The first-order valence-corrected chi connectivity index (χ1v) is 12.0. The molecule has 0 radical (unpaired) electrons. The number of aromatic nitrogens is 1. The molecule has 0 aliphatic carbocycles. The number of amides is 1. The number of aromatic amines is 1. The minimum absolute atomic E-state index is 0.138. The number of benzene rings is 3. The Morgan fingerprint density at radius 1 is 0.943 bits per heavy atom. The number of H-pyrrole nitrogens is 1. The number of anilines is 1. The molecule has 1 amide bonds. The Morgan fingerprint density at radius 3 is 2.57 bits per heavy atom. The Hall–Kier alpha value is -3.90. The van der Waals surface area contributed by atoms with Crippen LogP contribution in [0.3, 0.4) is 0 Å². The van der Waals surface area contributed by atoms with E-state index in [1.807, 2.05) is 48.5 Å². The van der Waals surface area contributed by atoms with Crippen LogP contribution in [0.4, 0.5) is 10.1 Å². The monoisotopic (exact) mass is 467 g/mol. The van der Waals surface area contributed by atoms with Gasteiger partial charge >= 0.3 is 0 Å². The quantitative estimate of drug-likeness (QED) is 0.345. The van der Waals surface area contributed by atoms with E-state index in [0.29, 0.717) is 12.2 Å². The van der Waals surface area contributed by atoms with E-state index in [-0.39, 0.29) is 11.7 Å². The molecule has 35 heavy (non-hydrogen) atoms. The molecule has 0 saturated carbocycles. The van der Waals surface area contributed by atoms with Crippen molar-refractivity contribution >= 4 is 34.1 Å². The molecule has 2 aliphatic rings. The molecule has 0 spiro atoms. The fraction of sp³-hybridized carbons (Fsp3) is 0.207. The second-order valence-electron chi connectivity index (χ2n) is 9.15. The molecule has 3 heterocycles. The van der Waals surface area contributed by atoms with Crippen LogP contribution in [0.25, 0.3) is 33.7 Å². The van der Waals surface area contributed by atoms with Gasteiger partial charge in [0.1, 0.15) is 18.2 Å². The van der Waals surface area contributed by atoms with Gasteiger partial charge in [-0.2, -0.15) is 0 Å². The number of carbonyl (C=O) groups is 1. The molecule has 176 valence electrons. The summed E-state index contributed by atoms with van der Waals surface area (Å²) in [7, 11) is 0. The summed E-state index contributed by atoms with van der Waals surface area (Å²) in [6.07, 6.45) is 4.45. The zero-order chi connectivity index (χ0) is 23.8. The number of fused-ring (bicyclic) bond motifs is 2. The highest BCUT2D eigenvalue weighted by Gasteiger charge is 2.24. The van der Waals surface area contributed by atoms with Crippen LogP contribution in [-0.4, -0.2) is 42.0 Å². The summed E-state index contributed by atoms with van der Waals surface area (Å²) in [5, 5.41) is 4.00. The SMILES string of the molecule is O=C1Nc2cc(-c3ccc(F)cc3)ccc2/C1=C\c1cc2cc(OCCN3CCCC3)ccc2[nH]1. The summed E-state index contributed by atoms with van der Waals surface area (Å²) in [5.41, 5.74) is 5.89. The van der Waals surface area contributed by atoms with Crippen molar-refractivity contribution in [3.05, 3.63) is 83.8 Å². The van der Waals surface area contributed by atoms with Gasteiger partial charge in [0, 0.05) is 34.4 Å². The summed E-state index contributed by atoms with van der Waals surface area (Å²) in [6, 6.07) is 20.2. The van der Waals surface area contributed by atoms with Crippen molar-refractivity contribution in [2.24, 2.45) is 0 Å². The number of nitrogens with one attached hydrogen (secondary N) is 2. The molecule has 6 heteroatoms. The summed E-state index contributed by atoms with van der Waals surface area (Å²) in [4.78, 5) is 18.6. The Morgan fingerprint density at radius 2 is 1.74 bits per heavy atom. The van der Waals surface area contributed by atoms with E-state index < -0.39 is 0 Å². The van der Waals surface area contributed by atoms with E-state index in [9.17, 15) is 9.18 Å². The first kappa shape index (κ1) is 21.6. The molecule has 6 rings (SSSR count). The van der Waals surface area contributed by atoms with E-state index in [2.05, 4.69) is 15.2 Å². The number of halogens is 1. The lowest BCUT2D eigenvalue weighted by Gasteiger charge is -2.14. The molecular formula is C29H26FN3O2. The smallest absolute Gasteiger partial charge is 0.256 e. The van der Waals surface area contributed by atoms with E-state index in [0.717, 1.165) is 51.3 Å². The van der Waals surface area contributed by atoms with Crippen LogP contribution in [0.15, 0.2) is 66.7 Å². The van der Waals surface area contributed by atoms with Crippen molar-refractivity contribution in [3.8, 4) is 16.9 Å². The molecular weight excluding hydrogens is 441 g/mol. The molecule has 2 aliphatic heterocycles. The first-order valence-electron chi connectivity index (χ1n) is 12.0. The topological polar surface area (TPSA) is 57.4 Å². The fourth-order valence-electron chi connectivity index (χ4n) is 4.91. The maximum atomic E-state index is 13.3. The lowest BCUT2D eigenvalue weighted by molar-refractivity contribution is -0.110. The van der Waals surface area contributed by atoms with Crippen LogP contribution in [0.2, 0.25) is 0 Å². The maximum Gasteiger partial charge on any atom is 0.256 e. The molecule has 4 aromatic rings. The Balaban J connectivity index is 1.22. The third kappa shape index (κ3) is 4.45. The van der Waals surface area contributed by atoms with Crippen molar-refractivity contribution in [1.82, 2.24) is 9.88 Å². The predicted octanol–water partition coefficient (Wildman–Crippen LogP) is 5.94. The lowest BCUT2D eigenvalue weighted by atomic mass is 10.00. The minimum atomic E-state index is -0.271. The normalized spacial score (nSPS) is 16.7. The average molecular weight is 468 g/mol. The van der Waals surface area contributed by atoms with Gasteiger partial charge in [0.2, 0.25) is 0 Å². The summed E-state index contributed by atoms with van der Waals surface area (Å²) >= 11 is 0. The maximum absolute atomic E-state index is 13.3. The molecule has 5 nitrogen and oxygen atoms in total. The van der Waals surface area contributed by atoms with Gasteiger partial charge < -0.3 is 15.0 Å². The van der Waals surface area contributed by atoms with Crippen LogP contribution in [-0.2, 0) is 4.79 Å². The summed E-state index contributed by atoms with van der Waals surface area (Å²) < 4.78 is 19.2. The number of hydrogen-bond acceptors (Lipinski definition) is 3. The van der Waals surface area contributed by atoms with Crippen molar-refractivity contribution < 1.29 is 13.9 Å². The number of hydrogen-bond donors (Lipinski definition) is 2. The van der Waals surface area contributed by atoms with Gasteiger partial charge in [-0.3, -0.25) is 9.69 Å². The first-order chi connectivity index (χ1) is 17.1. The van der Waals surface area contributed by atoms with Crippen molar-refractivity contribution in [3.63, 3.8) is 0 Å². The van der Waals surface area contributed by atoms with Gasteiger partial charge in [-0.1, -0.05) is 24.3 Å². The highest BCUT2D eigenvalue weighted by Crippen LogP contribution is 2.36. The molecule has 1 aromatic heterocycles. The summed E-state index contributed by atoms with van der Waals surface area (Å²) in [5.74, 6) is 0.445. The molecule has 0 unspecified atom stereocenters. The lowest BCUT2D eigenvalue weighted by Crippen LogP contribution is -2.25. The number of carbonyl (C=O) groups excluding carboxylic acids is 1. The second kappa shape index (κ2) is 9.04. The van der Waals surface area contributed by atoms with Crippen molar-refractivity contribution in [2.45, 2.75) is 12.8 Å². The van der Waals surface area contributed by atoms with Gasteiger partial charge in [-0.05, 0) is 85.6 Å². The van der Waals surface area contributed by atoms with Crippen LogP contribution < -0.4 is 10.1 Å². The molecule has 1 fully saturated rings. The van der Waals surface area contributed by atoms with Crippen LogP contribution in [0.5, 0.6) is 5.75 Å². The summed E-state index contributed by atoms with van der Waals surface area (Å²) in [6.45, 7) is 3.98. The van der Waals surface area contributed by atoms with Crippen molar-refractivity contribution in [2.75, 3.05) is 31.6 Å². The standard InChI is InChI=1S/C29H26FN3O2/c30-22-6-3-19(4-7-22)20-5-9-25-26(29(34)32-28(25)17-20)18-23-15-21-16-24(8-10-27(21)31-23)35-14-13-33-11-1-2-12-33/h3-10,15-18,31H,1-2,11-14H2,(H,32,34)/b26-18+. The predicted molar refractivity (Wildman–Crippen MR) is 138 cm³/mol. The minimum Gasteiger partial charge on any atom is -0.492 e. The Kier molecular flexibility index (Phi) is 5.58. The number of nitrogens with zero attached hydrogens (tertiary/aromatic N) is 1. The zero-order valence-electron chi connectivity index (χ0n) is 19.3. The van der Waals surface area contributed by atoms with Crippen LogP contribution in [0, 0.1) is 5.82 Å². The van der Waals surface area contributed by atoms with E-state index in [1.165, 1.54) is 38.1 Å². The van der Waals surface area contributed by atoms with Crippen LogP contribution >= 0.6 is 0 Å². The number of likely N-dealkylation sites (tertiary alicyclic amines) is 1. The third-order valence-corrected chi connectivity index (χ3v) is 6.77. The average Bonchev–Trinajstić information content (AvgIpc) is 3.58. The van der Waals surface area contributed by atoms with E-state index in [4.69, 9.17) is 4.74 Å². The molecule has 2 N–H and O–H groups in total. The second-order valence-corrected chi connectivity index (χ2v) is 9.15. The molecule has 0 bridgehead atoms. The number of ether oxygens (including phenoxy) is 1. The Labute approximate surface area is 203 Å². The van der Waals surface area contributed by atoms with Gasteiger partial charge in [0.15, 0.2) is 0 Å². The van der Waals surface area contributed by atoms with Crippen LogP contribution in [0.1, 0.15) is 24.1 Å². The van der Waals surface area contributed by atoms with Gasteiger partial charge in [-0.25, -0.2) is 4.39 Å². The molecule has 0 atom stereocenters. The highest BCUT2D eigenvalue weighted by atomic mass is 19.1. The van der Waals surface area contributed by atoms with E-state index >= 15 is 0 Å². The number of rotatable bonds is 6. The highest BCUT2D eigenvalue weighted by molar-refractivity contribution is 6.35. The third-order valence-electron chi connectivity index (χ3n) is 6.77. The Bertz CT molecular complexity index is 1430. The fourth-order valence-corrected chi connectivity index (χ4v) is 4.91. The largest absolute Gasteiger partial charge is 0.492 e. The zero-order valence-corrected chi connectivity index (χ0v) is 19.3. The van der Waals surface area contributed by atoms with Crippen molar-refractivity contribution in [1.29, 1.82) is 0 Å². The van der Waals surface area contributed by atoms with Gasteiger partial charge in [0.05, 0.1) is 5.57 Å².